The molecule has 1 atom stereocenters. The van der Waals surface area contributed by atoms with Crippen molar-refractivity contribution in [2.75, 3.05) is 7.05 Å². The smallest absolute Gasteiger partial charge is 0.143 e. The Morgan fingerprint density at radius 3 is 2.40 bits per heavy atom. The first kappa shape index (κ1) is 9.14. The molecule has 0 aromatic rings. The van der Waals surface area contributed by atoms with Gasteiger partial charge in [-0.05, 0) is 20.8 Å². The van der Waals surface area contributed by atoms with Gasteiger partial charge in [-0.15, -0.1) is 0 Å². The van der Waals surface area contributed by atoms with Crippen LogP contribution in [0.3, 0.4) is 0 Å². The maximum Gasteiger partial charge on any atom is 0.143 e. The lowest BCUT2D eigenvalue weighted by atomic mass is 10.4. The molecule has 0 saturated carbocycles. The van der Waals surface area contributed by atoms with E-state index < -0.39 is 0 Å². The summed E-state index contributed by atoms with van der Waals surface area (Å²) in [4.78, 5) is 10.2. The fraction of sp³-hybridized carbons (Fsp3) is 0.714. The van der Waals surface area contributed by atoms with Crippen LogP contribution in [-0.4, -0.2) is 30.1 Å². The van der Waals surface area contributed by atoms with Crippen LogP contribution in [0.5, 0.6) is 0 Å². The quantitative estimate of drug-likeness (QED) is 0.333. The Bertz CT molecular complexity index is 139. The van der Waals surface area contributed by atoms with E-state index in [0.29, 0.717) is 0 Å². The van der Waals surface area contributed by atoms with Crippen LogP contribution in [0.1, 0.15) is 20.8 Å². The second-order valence-electron chi connectivity index (χ2n) is 2.50. The van der Waals surface area contributed by atoms with E-state index in [4.69, 9.17) is 0 Å². The maximum absolute atomic E-state index is 10.2. The van der Waals surface area contributed by atoms with Crippen molar-refractivity contribution >= 4 is 12.0 Å². The second kappa shape index (κ2) is 4.04. The third-order valence-corrected chi connectivity index (χ3v) is 1.14. The van der Waals surface area contributed by atoms with E-state index in [2.05, 4.69) is 5.10 Å². The van der Waals surface area contributed by atoms with Crippen LogP contribution in [-0.2, 0) is 4.79 Å². The lowest BCUT2D eigenvalue weighted by molar-refractivity contribution is -0.111. The van der Waals surface area contributed by atoms with Crippen molar-refractivity contribution in [1.29, 1.82) is 0 Å². The minimum absolute atomic E-state index is 0.130. The van der Waals surface area contributed by atoms with Crippen LogP contribution in [0.4, 0.5) is 0 Å². The number of nitrogens with zero attached hydrogens (tertiary/aromatic N) is 2. The summed E-state index contributed by atoms with van der Waals surface area (Å²) in [7, 11) is 1.78. The van der Waals surface area contributed by atoms with E-state index in [0.717, 1.165) is 12.0 Å². The van der Waals surface area contributed by atoms with Crippen LogP contribution in [0, 0.1) is 0 Å². The van der Waals surface area contributed by atoms with Gasteiger partial charge in [0, 0.05) is 12.8 Å². The molecule has 0 saturated heterocycles. The lowest BCUT2D eigenvalue weighted by Gasteiger charge is -2.16. The van der Waals surface area contributed by atoms with Gasteiger partial charge in [-0.25, -0.2) is 0 Å². The molecule has 0 N–H and O–H groups in total. The highest BCUT2D eigenvalue weighted by Gasteiger charge is 2.02. The van der Waals surface area contributed by atoms with E-state index in [1.54, 1.807) is 19.0 Å². The molecule has 0 aliphatic heterocycles. The highest BCUT2D eigenvalue weighted by Crippen LogP contribution is 1.92. The van der Waals surface area contributed by atoms with Gasteiger partial charge in [-0.1, -0.05) is 0 Å². The van der Waals surface area contributed by atoms with Gasteiger partial charge in [0.1, 0.15) is 6.29 Å². The molecule has 0 heterocycles. The Hall–Kier alpha value is -0.860. The number of likely N-dealkylation sites (N-methyl/N-ethyl adjacent to an activating group) is 1. The third kappa shape index (κ3) is 3.22. The van der Waals surface area contributed by atoms with Crippen LogP contribution in [0.25, 0.3) is 0 Å². The van der Waals surface area contributed by atoms with Gasteiger partial charge >= 0.3 is 0 Å². The van der Waals surface area contributed by atoms with E-state index in [9.17, 15) is 4.79 Å². The third-order valence-electron chi connectivity index (χ3n) is 1.14. The molecule has 0 rings (SSSR count). The summed E-state index contributed by atoms with van der Waals surface area (Å²) in [5, 5.41) is 5.71. The molecule has 10 heavy (non-hydrogen) atoms. The van der Waals surface area contributed by atoms with Crippen LogP contribution in [0.15, 0.2) is 5.10 Å². The first-order chi connectivity index (χ1) is 4.57. The first-order valence-electron chi connectivity index (χ1n) is 3.28. The van der Waals surface area contributed by atoms with Crippen LogP contribution >= 0.6 is 0 Å². The molecule has 0 bridgehead atoms. The zero-order valence-corrected chi connectivity index (χ0v) is 6.96. The van der Waals surface area contributed by atoms with E-state index >= 15 is 0 Å². The molecule has 1 unspecified atom stereocenters. The molecule has 3 heteroatoms. The van der Waals surface area contributed by atoms with Crippen molar-refractivity contribution in [3.05, 3.63) is 0 Å². The van der Waals surface area contributed by atoms with Gasteiger partial charge in [-0.2, -0.15) is 5.10 Å². The average Bonchev–Trinajstić information content (AvgIpc) is 1.85. The van der Waals surface area contributed by atoms with Gasteiger partial charge in [0.2, 0.25) is 0 Å². The number of hydrogen-bond donors (Lipinski definition) is 0. The molecule has 0 spiro atoms. The van der Waals surface area contributed by atoms with Crippen molar-refractivity contribution in [1.82, 2.24) is 5.01 Å². The lowest BCUT2D eigenvalue weighted by Crippen LogP contribution is -2.25. The fourth-order valence-electron chi connectivity index (χ4n) is 0.495. The average molecular weight is 142 g/mol. The van der Waals surface area contributed by atoms with Crippen molar-refractivity contribution < 1.29 is 4.79 Å². The van der Waals surface area contributed by atoms with Crippen molar-refractivity contribution in [3.63, 3.8) is 0 Å². The molecule has 0 aliphatic carbocycles. The number of rotatable bonds is 3. The summed E-state index contributed by atoms with van der Waals surface area (Å²) in [6.07, 6.45) is 0.867. The summed E-state index contributed by atoms with van der Waals surface area (Å²) >= 11 is 0. The topological polar surface area (TPSA) is 32.7 Å². The number of hydrazone groups is 1. The van der Waals surface area contributed by atoms with Crippen LogP contribution in [0.2, 0.25) is 0 Å². The Labute approximate surface area is 61.7 Å². The van der Waals surface area contributed by atoms with E-state index in [1.165, 1.54) is 0 Å². The molecule has 0 fully saturated rings. The Balaban J connectivity index is 3.95. The Kier molecular flexibility index (Phi) is 3.69. The maximum atomic E-state index is 10.2. The second-order valence-corrected chi connectivity index (χ2v) is 2.50. The highest BCUT2D eigenvalue weighted by atomic mass is 16.1. The predicted octanol–water partition coefficient (Wildman–Crippen LogP) is 0.901. The van der Waals surface area contributed by atoms with Gasteiger partial charge in [-0.3, -0.25) is 5.01 Å². The molecule has 0 radical (unpaired) electrons. The summed E-state index contributed by atoms with van der Waals surface area (Å²) in [6, 6.07) is -0.130. The summed E-state index contributed by atoms with van der Waals surface area (Å²) in [6.45, 7) is 5.60. The molecule has 0 amide bonds. The zero-order valence-electron chi connectivity index (χ0n) is 6.96. The molecular weight excluding hydrogens is 128 g/mol. The molecular formula is C7H14N2O. The SMILES string of the molecule is CC(C)=NN(C)C(C)C=O. The number of carbonyl (C=O) groups excluding carboxylic acids is 1. The number of carbonyl (C=O) groups is 1. The molecule has 3 nitrogen and oxygen atoms in total. The summed E-state index contributed by atoms with van der Waals surface area (Å²) < 4.78 is 0. The molecule has 58 valence electrons. The van der Waals surface area contributed by atoms with Gasteiger partial charge in [0.25, 0.3) is 0 Å². The number of hydrogen-bond acceptors (Lipinski definition) is 3. The van der Waals surface area contributed by atoms with Crippen LogP contribution < -0.4 is 0 Å². The van der Waals surface area contributed by atoms with Crippen molar-refractivity contribution in [3.8, 4) is 0 Å². The first-order valence-corrected chi connectivity index (χ1v) is 3.28. The van der Waals surface area contributed by atoms with Gasteiger partial charge in [0.05, 0.1) is 6.04 Å². The monoisotopic (exact) mass is 142 g/mol. The minimum atomic E-state index is -0.130. The zero-order chi connectivity index (χ0) is 8.15. The van der Waals surface area contributed by atoms with Gasteiger partial charge < -0.3 is 4.79 Å². The largest absolute Gasteiger partial charge is 0.301 e. The molecule has 0 aromatic heterocycles. The van der Waals surface area contributed by atoms with E-state index in [-0.39, 0.29) is 6.04 Å². The minimum Gasteiger partial charge on any atom is -0.301 e. The summed E-state index contributed by atoms with van der Waals surface area (Å²) in [5.41, 5.74) is 0.955. The standard InChI is InChI=1S/C7H14N2O/c1-6(2)8-9(4)7(3)5-10/h5,7H,1-4H3. The predicted molar refractivity (Wildman–Crippen MR) is 42.1 cm³/mol. The number of aldehydes is 1. The van der Waals surface area contributed by atoms with Gasteiger partial charge in [0.15, 0.2) is 0 Å². The van der Waals surface area contributed by atoms with E-state index in [1.807, 2.05) is 13.8 Å². The normalized spacial score (nSPS) is 12.0. The highest BCUT2D eigenvalue weighted by molar-refractivity contribution is 5.78. The Morgan fingerprint density at radius 2 is 2.10 bits per heavy atom. The molecule has 0 aromatic carbocycles. The fourth-order valence-corrected chi connectivity index (χ4v) is 0.495. The Morgan fingerprint density at radius 1 is 1.60 bits per heavy atom. The summed E-state index contributed by atoms with van der Waals surface area (Å²) in [5.74, 6) is 0. The molecule has 0 aliphatic rings. The van der Waals surface area contributed by atoms with Crippen molar-refractivity contribution in [2.24, 2.45) is 5.10 Å². The van der Waals surface area contributed by atoms with Crippen molar-refractivity contribution in [2.45, 2.75) is 26.8 Å².